The molecule has 0 fully saturated rings. The highest BCUT2D eigenvalue weighted by atomic mass is 16.5. The first-order valence-electron chi connectivity index (χ1n) is 7.05. The molecule has 0 bridgehead atoms. The zero-order valence-corrected chi connectivity index (χ0v) is 12.1. The highest BCUT2D eigenvalue weighted by molar-refractivity contribution is 5.35. The summed E-state index contributed by atoms with van der Waals surface area (Å²) in [6, 6.07) is 5.53. The van der Waals surface area contributed by atoms with Crippen LogP contribution in [-0.4, -0.2) is 40.0 Å². The number of aromatic nitrogens is 3. The Hall–Kier alpha value is -1.66. The van der Waals surface area contributed by atoms with E-state index in [-0.39, 0.29) is 11.8 Å². The maximum Gasteiger partial charge on any atom is 0.350 e. The highest BCUT2D eigenvalue weighted by Gasteiger charge is 2.04. The zero-order valence-electron chi connectivity index (χ0n) is 12.1. The van der Waals surface area contributed by atoms with Crippen LogP contribution < -0.4 is 11.0 Å². The summed E-state index contributed by atoms with van der Waals surface area (Å²) in [6.45, 7) is 7.01. The Morgan fingerprint density at radius 3 is 2.95 bits per heavy atom. The Bertz CT molecular complexity index is 588. The summed E-state index contributed by atoms with van der Waals surface area (Å²) in [4.78, 5) is 12.0. The lowest BCUT2D eigenvalue weighted by Crippen LogP contribution is -2.28. The number of hydrogen-bond donors (Lipinski definition) is 1. The van der Waals surface area contributed by atoms with Crippen LogP contribution in [0.3, 0.4) is 0 Å². The first kappa shape index (κ1) is 14.7. The minimum Gasteiger partial charge on any atom is -0.379 e. The molecule has 2 rings (SSSR count). The van der Waals surface area contributed by atoms with Gasteiger partial charge in [0.05, 0.1) is 12.6 Å². The molecule has 2 aromatic heterocycles. The van der Waals surface area contributed by atoms with Gasteiger partial charge in [-0.15, -0.1) is 5.10 Å². The Labute approximate surface area is 118 Å². The predicted molar refractivity (Wildman–Crippen MR) is 78.0 cm³/mol. The van der Waals surface area contributed by atoms with Gasteiger partial charge in [-0.1, -0.05) is 6.07 Å². The molecule has 0 saturated carbocycles. The van der Waals surface area contributed by atoms with E-state index in [1.807, 2.05) is 32.0 Å². The molecule has 0 aliphatic rings. The monoisotopic (exact) mass is 278 g/mol. The summed E-state index contributed by atoms with van der Waals surface area (Å²) in [5.41, 5.74) is 0.591. The van der Waals surface area contributed by atoms with Gasteiger partial charge in [0.2, 0.25) is 0 Å². The van der Waals surface area contributed by atoms with Gasteiger partial charge in [0.1, 0.15) is 0 Å². The molecule has 6 nitrogen and oxygen atoms in total. The quantitative estimate of drug-likeness (QED) is 0.729. The fourth-order valence-corrected chi connectivity index (χ4v) is 1.94. The van der Waals surface area contributed by atoms with Crippen LogP contribution >= 0.6 is 0 Å². The standard InChI is InChI=1S/C14H22N4O2/c1-12(2)20-11-5-7-15-8-10-18-14(19)17-9-4-3-6-13(17)16-18/h3-4,6,9,12,15H,5,7-8,10-11H2,1-2H3. The van der Waals surface area contributed by atoms with E-state index in [4.69, 9.17) is 4.74 Å². The number of fused-ring (bicyclic) bond motifs is 1. The van der Waals surface area contributed by atoms with Gasteiger partial charge < -0.3 is 10.1 Å². The highest BCUT2D eigenvalue weighted by Crippen LogP contribution is 1.94. The topological polar surface area (TPSA) is 60.6 Å². The van der Waals surface area contributed by atoms with Crippen molar-refractivity contribution < 1.29 is 4.74 Å². The van der Waals surface area contributed by atoms with E-state index in [1.165, 1.54) is 4.68 Å². The van der Waals surface area contributed by atoms with Gasteiger partial charge in [0, 0.05) is 19.3 Å². The molecule has 0 aliphatic heterocycles. The summed E-state index contributed by atoms with van der Waals surface area (Å²) in [5.74, 6) is 0. The lowest BCUT2D eigenvalue weighted by atomic mass is 10.4. The predicted octanol–water partition coefficient (Wildman–Crippen LogP) is 0.901. The lowest BCUT2D eigenvalue weighted by molar-refractivity contribution is 0.0771. The summed E-state index contributed by atoms with van der Waals surface area (Å²) < 4.78 is 8.50. The molecule has 20 heavy (non-hydrogen) atoms. The van der Waals surface area contributed by atoms with Crippen molar-refractivity contribution in [2.75, 3.05) is 19.7 Å². The average Bonchev–Trinajstić information content (AvgIpc) is 2.75. The third-order valence-electron chi connectivity index (χ3n) is 2.94. The first-order chi connectivity index (χ1) is 9.68. The fraction of sp³-hybridized carbons (Fsp3) is 0.571. The van der Waals surface area contributed by atoms with E-state index in [1.54, 1.807) is 10.6 Å². The zero-order chi connectivity index (χ0) is 14.4. The molecule has 0 aliphatic carbocycles. The molecule has 6 heteroatoms. The maximum atomic E-state index is 12.0. The average molecular weight is 278 g/mol. The molecule has 110 valence electrons. The van der Waals surface area contributed by atoms with Gasteiger partial charge in [0.15, 0.2) is 5.65 Å². The van der Waals surface area contributed by atoms with Crippen molar-refractivity contribution in [3.8, 4) is 0 Å². The van der Waals surface area contributed by atoms with Crippen molar-refractivity contribution in [2.24, 2.45) is 0 Å². The van der Waals surface area contributed by atoms with Gasteiger partial charge in [-0.05, 0) is 38.9 Å². The van der Waals surface area contributed by atoms with Crippen molar-refractivity contribution in [2.45, 2.75) is 32.9 Å². The summed E-state index contributed by atoms with van der Waals surface area (Å²) >= 11 is 0. The van der Waals surface area contributed by atoms with E-state index in [2.05, 4.69) is 10.4 Å². The lowest BCUT2D eigenvalue weighted by Gasteiger charge is -2.07. The molecule has 2 heterocycles. The molecule has 0 amide bonds. The Balaban J connectivity index is 1.73. The molecule has 0 atom stereocenters. The van der Waals surface area contributed by atoms with Crippen molar-refractivity contribution >= 4 is 5.65 Å². The molecular weight excluding hydrogens is 256 g/mol. The Kier molecular flexibility index (Phi) is 5.31. The van der Waals surface area contributed by atoms with Crippen LogP contribution in [0.15, 0.2) is 29.2 Å². The summed E-state index contributed by atoms with van der Waals surface area (Å²) in [6.07, 6.45) is 2.99. The minimum atomic E-state index is -0.0921. The first-order valence-corrected chi connectivity index (χ1v) is 7.05. The van der Waals surface area contributed by atoms with Crippen LogP contribution in [0.4, 0.5) is 0 Å². The number of nitrogens with one attached hydrogen (secondary N) is 1. The maximum absolute atomic E-state index is 12.0. The van der Waals surface area contributed by atoms with Crippen LogP contribution in [0, 0.1) is 0 Å². The van der Waals surface area contributed by atoms with Crippen LogP contribution in [0.25, 0.3) is 5.65 Å². The van der Waals surface area contributed by atoms with Gasteiger partial charge in [0.25, 0.3) is 0 Å². The normalized spacial score (nSPS) is 11.6. The van der Waals surface area contributed by atoms with E-state index in [0.717, 1.165) is 26.1 Å². The minimum absolute atomic E-state index is 0.0921. The van der Waals surface area contributed by atoms with E-state index >= 15 is 0 Å². The second-order valence-electron chi connectivity index (χ2n) is 4.96. The molecule has 2 aromatic rings. The Morgan fingerprint density at radius 1 is 1.35 bits per heavy atom. The third-order valence-corrected chi connectivity index (χ3v) is 2.94. The molecule has 0 spiro atoms. The van der Waals surface area contributed by atoms with Gasteiger partial charge in [-0.2, -0.15) is 0 Å². The van der Waals surface area contributed by atoms with Crippen LogP contribution in [0.1, 0.15) is 20.3 Å². The van der Waals surface area contributed by atoms with Crippen molar-refractivity contribution in [3.05, 3.63) is 34.9 Å². The molecule has 0 saturated heterocycles. The number of hydrogen-bond acceptors (Lipinski definition) is 4. The fourth-order valence-electron chi connectivity index (χ4n) is 1.94. The van der Waals surface area contributed by atoms with E-state index in [9.17, 15) is 4.79 Å². The van der Waals surface area contributed by atoms with Gasteiger partial charge in [-0.3, -0.25) is 4.40 Å². The molecule has 0 aromatic carbocycles. The van der Waals surface area contributed by atoms with Crippen molar-refractivity contribution in [1.82, 2.24) is 19.5 Å². The summed E-state index contributed by atoms with van der Waals surface area (Å²) in [5, 5.41) is 7.56. The third kappa shape index (κ3) is 3.91. The van der Waals surface area contributed by atoms with Crippen LogP contribution in [0.2, 0.25) is 0 Å². The summed E-state index contributed by atoms with van der Waals surface area (Å²) in [7, 11) is 0. The number of ether oxygens (including phenoxy) is 1. The van der Waals surface area contributed by atoms with Gasteiger partial charge >= 0.3 is 5.69 Å². The number of rotatable bonds is 8. The molecule has 0 radical (unpaired) electrons. The van der Waals surface area contributed by atoms with E-state index < -0.39 is 0 Å². The smallest absolute Gasteiger partial charge is 0.350 e. The van der Waals surface area contributed by atoms with Gasteiger partial charge in [-0.25, -0.2) is 9.48 Å². The number of pyridine rings is 1. The second-order valence-corrected chi connectivity index (χ2v) is 4.96. The second kappa shape index (κ2) is 7.21. The van der Waals surface area contributed by atoms with Crippen LogP contribution in [0.5, 0.6) is 0 Å². The van der Waals surface area contributed by atoms with Crippen molar-refractivity contribution in [1.29, 1.82) is 0 Å². The van der Waals surface area contributed by atoms with E-state index in [0.29, 0.717) is 12.2 Å². The molecule has 0 unspecified atom stereocenters. The van der Waals surface area contributed by atoms with Crippen LogP contribution in [-0.2, 0) is 11.3 Å². The number of nitrogens with zero attached hydrogens (tertiary/aromatic N) is 3. The largest absolute Gasteiger partial charge is 0.379 e. The Morgan fingerprint density at radius 2 is 2.20 bits per heavy atom. The molecule has 1 N–H and O–H groups in total. The SMILES string of the molecule is CC(C)OCCCNCCn1nc2ccccn2c1=O. The molecular formula is C14H22N4O2. The van der Waals surface area contributed by atoms with Crippen molar-refractivity contribution in [3.63, 3.8) is 0 Å².